The van der Waals surface area contributed by atoms with E-state index in [1.54, 1.807) is 0 Å². The van der Waals surface area contributed by atoms with Gasteiger partial charge in [0.2, 0.25) is 0 Å². The number of unbranched alkanes of at least 4 members (excludes halogenated alkanes) is 1. The molecule has 0 saturated carbocycles. The Hall–Kier alpha value is -0.0800. The molecule has 0 aromatic heterocycles. The standard InChI is InChI=1S/C12H24N2/c1-3-4-5-10(2)14-11-6-7-12(14)9-13-8-11/h10-13H,3-9H2,1-2H3. The van der Waals surface area contributed by atoms with E-state index >= 15 is 0 Å². The van der Waals surface area contributed by atoms with Crippen molar-refractivity contribution in [3.05, 3.63) is 0 Å². The van der Waals surface area contributed by atoms with Gasteiger partial charge in [0.05, 0.1) is 0 Å². The fourth-order valence-electron chi connectivity index (χ4n) is 3.18. The van der Waals surface area contributed by atoms with Crippen LogP contribution in [0.2, 0.25) is 0 Å². The lowest BCUT2D eigenvalue weighted by Gasteiger charge is -2.39. The second-order valence-electron chi connectivity index (χ2n) is 4.98. The first-order valence-electron chi connectivity index (χ1n) is 6.31. The molecule has 3 unspecified atom stereocenters. The van der Waals surface area contributed by atoms with Crippen molar-refractivity contribution in [1.82, 2.24) is 10.2 Å². The van der Waals surface area contributed by atoms with Gasteiger partial charge in [-0.05, 0) is 26.2 Å². The van der Waals surface area contributed by atoms with Crippen LogP contribution in [0.5, 0.6) is 0 Å². The minimum Gasteiger partial charge on any atom is -0.314 e. The van der Waals surface area contributed by atoms with Gasteiger partial charge in [-0.25, -0.2) is 0 Å². The predicted molar refractivity (Wildman–Crippen MR) is 60.5 cm³/mol. The molecule has 0 aliphatic carbocycles. The summed E-state index contributed by atoms with van der Waals surface area (Å²) in [5.41, 5.74) is 0. The molecule has 2 bridgehead atoms. The summed E-state index contributed by atoms with van der Waals surface area (Å²) in [6.07, 6.45) is 6.97. The van der Waals surface area contributed by atoms with Gasteiger partial charge in [-0.1, -0.05) is 19.8 Å². The predicted octanol–water partition coefficient (Wildman–Crippen LogP) is 2.00. The maximum absolute atomic E-state index is 3.55. The van der Waals surface area contributed by atoms with Crippen molar-refractivity contribution in [2.24, 2.45) is 0 Å². The van der Waals surface area contributed by atoms with Crippen molar-refractivity contribution in [3.8, 4) is 0 Å². The zero-order chi connectivity index (χ0) is 9.97. The van der Waals surface area contributed by atoms with Crippen LogP contribution in [-0.2, 0) is 0 Å². The average Bonchev–Trinajstić information content (AvgIpc) is 2.45. The highest BCUT2D eigenvalue weighted by molar-refractivity contribution is 4.96. The molecule has 2 heteroatoms. The van der Waals surface area contributed by atoms with E-state index in [4.69, 9.17) is 0 Å². The lowest BCUT2D eigenvalue weighted by atomic mass is 10.1. The largest absolute Gasteiger partial charge is 0.314 e. The van der Waals surface area contributed by atoms with E-state index in [1.807, 2.05) is 0 Å². The van der Waals surface area contributed by atoms with Gasteiger partial charge in [-0.15, -0.1) is 0 Å². The van der Waals surface area contributed by atoms with Gasteiger partial charge < -0.3 is 5.32 Å². The summed E-state index contributed by atoms with van der Waals surface area (Å²) in [5.74, 6) is 0. The van der Waals surface area contributed by atoms with Crippen LogP contribution in [0.3, 0.4) is 0 Å². The molecule has 0 aromatic rings. The van der Waals surface area contributed by atoms with Crippen molar-refractivity contribution < 1.29 is 0 Å². The number of fused-ring (bicyclic) bond motifs is 2. The molecule has 2 aliphatic heterocycles. The molecule has 14 heavy (non-hydrogen) atoms. The maximum atomic E-state index is 3.55. The van der Waals surface area contributed by atoms with E-state index in [0.29, 0.717) is 0 Å². The zero-order valence-electron chi connectivity index (χ0n) is 9.63. The second-order valence-corrected chi connectivity index (χ2v) is 4.98. The molecule has 1 N–H and O–H groups in total. The third-order valence-electron chi connectivity index (χ3n) is 3.92. The number of piperazine rings is 1. The van der Waals surface area contributed by atoms with Crippen LogP contribution < -0.4 is 5.32 Å². The number of hydrogen-bond acceptors (Lipinski definition) is 2. The van der Waals surface area contributed by atoms with E-state index in [1.165, 1.54) is 45.2 Å². The van der Waals surface area contributed by atoms with Gasteiger partial charge >= 0.3 is 0 Å². The zero-order valence-corrected chi connectivity index (χ0v) is 9.63. The van der Waals surface area contributed by atoms with Crippen LogP contribution in [0.15, 0.2) is 0 Å². The van der Waals surface area contributed by atoms with Gasteiger partial charge in [0.15, 0.2) is 0 Å². The molecule has 2 heterocycles. The minimum atomic E-state index is 0.814. The highest BCUT2D eigenvalue weighted by atomic mass is 15.3. The summed E-state index contributed by atoms with van der Waals surface area (Å²) in [4.78, 5) is 2.80. The van der Waals surface area contributed by atoms with Crippen molar-refractivity contribution in [1.29, 1.82) is 0 Å². The van der Waals surface area contributed by atoms with Gasteiger partial charge in [0, 0.05) is 31.2 Å². The Labute approximate surface area is 88.1 Å². The van der Waals surface area contributed by atoms with Crippen molar-refractivity contribution >= 4 is 0 Å². The molecule has 0 spiro atoms. The van der Waals surface area contributed by atoms with E-state index in [9.17, 15) is 0 Å². The fourth-order valence-corrected chi connectivity index (χ4v) is 3.18. The van der Waals surface area contributed by atoms with Crippen LogP contribution in [0.1, 0.15) is 46.0 Å². The normalized spacial score (nSPS) is 34.7. The minimum absolute atomic E-state index is 0.814. The van der Waals surface area contributed by atoms with Gasteiger partial charge in [0.25, 0.3) is 0 Å². The first-order chi connectivity index (χ1) is 6.83. The van der Waals surface area contributed by atoms with E-state index in [-0.39, 0.29) is 0 Å². The van der Waals surface area contributed by atoms with Crippen LogP contribution in [0, 0.1) is 0 Å². The van der Waals surface area contributed by atoms with Crippen molar-refractivity contribution in [2.45, 2.75) is 64.1 Å². The van der Waals surface area contributed by atoms with Gasteiger partial charge in [-0.3, -0.25) is 4.90 Å². The molecular weight excluding hydrogens is 172 g/mol. The van der Waals surface area contributed by atoms with Crippen LogP contribution in [-0.4, -0.2) is 36.1 Å². The van der Waals surface area contributed by atoms with E-state index in [2.05, 4.69) is 24.1 Å². The molecule has 2 saturated heterocycles. The topological polar surface area (TPSA) is 15.3 Å². The summed E-state index contributed by atoms with van der Waals surface area (Å²) in [7, 11) is 0. The van der Waals surface area contributed by atoms with Crippen molar-refractivity contribution in [3.63, 3.8) is 0 Å². The number of nitrogens with one attached hydrogen (secondary N) is 1. The number of hydrogen-bond donors (Lipinski definition) is 1. The Morgan fingerprint density at radius 1 is 1.29 bits per heavy atom. The summed E-state index contributed by atoms with van der Waals surface area (Å²) in [6.45, 7) is 7.17. The van der Waals surface area contributed by atoms with Gasteiger partial charge in [-0.2, -0.15) is 0 Å². The molecular formula is C12H24N2. The summed E-state index contributed by atoms with van der Waals surface area (Å²) >= 11 is 0. The smallest absolute Gasteiger partial charge is 0.0227 e. The van der Waals surface area contributed by atoms with E-state index < -0.39 is 0 Å². The van der Waals surface area contributed by atoms with Crippen LogP contribution in [0.4, 0.5) is 0 Å². The Morgan fingerprint density at radius 2 is 1.93 bits per heavy atom. The molecule has 82 valence electrons. The summed E-state index contributed by atoms with van der Waals surface area (Å²) < 4.78 is 0. The molecule has 0 aromatic carbocycles. The molecule has 2 fully saturated rings. The lowest BCUT2D eigenvalue weighted by Crippen LogP contribution is -2.54. The number of rotatable bonds is 4. The van der Waals surface area contributed by atoms with E-state index in [0.717, 1.165) is 18.1 Å². The third-order valence-corrected chi connectivity index (χ3v) is 3.92. The van der Waals surface area contributed by atoms with Crippen molar-refractivity contribution in [2.75, 3.05) is 13.1 Å². The quantitative estimate of drug-likeness (QED) is 0.740. The summed E-state index contributed by atoms with van der Waals surface area (Å²) in [6, 6.07) is 2.51. The Balaban J connectivity index is 1.89. The molecule has 3 atom stereocenters. The lowest BCUT2D eigenvalue weighted by molar-refractivity contribution is 0.101. The molecule has 2 nitrogen and oxygen atoms in total. The van der Waals surface area contributed by atoms with Crippen LogP contribution in [0.25, 0.3) is 0 Å². The SMILES string of the molecule is CCCCC(C)N1C2CCC1CNC2. The third kappa shape index (κ3) is 1.96. The monoisotopic (exact) mass is 196 g/mol. The molecule has 2 rings (SSSR count). The average molecular weight is 196 g/mol. The Kier molecular flexibility index (Phi) is 3.45. The highest BCUT2D eigenvalue weighted by Crippen LogP contribution is 2.30. The first kappa shape index (κ1) is 10.4. The molecule has 0 amide bonds. The molecule has 2 aliphatic rings. The molecule has 0 radical (unpaired) electrons. The maximum Gasteiger partial charge on any atom is 0.0227 e. The highest BCUT2D eigenvalue weighted by Gasteiger charge is 2.38. The Bertz CT molecular complexity index is 165. The first-order valence-corrected chi connectivity index (χ1v) is 6.31. The number of nitrogens with zero attached hydrogens (tertiary/aromatic N) is 1. The summed E-state index contributed by atoms with van der Waals surface area (Å²) in [5, 5.41) is 3.55. The Morgan fingerprint density at radius 3 is 2.50 bits per heavy atom. The van der Waals surface area contributed by atoms with Crippen LogP contribution >= 0.6 is 0 Å². The second kappa shape index (κ2) is 4.63. The van der Waals surface area contributed by atoms with Gasteiger partial charge in [0.1, 0.15) is 0 Å². The fraction of sp³-hybridized carbons (Fsp3) is 1.00.